The summed E-state index contributed by atoms with van der Waals surface area (Å²) in [6, 6.07) is 13.5. The number of halogens is 3. The lowest BCUT2D eigenvalue weighted by atomic mass is 10.1. The predicted octanol–water partition coefficient (Wildman–Crippen LogP) is 4.98. The van der Waals surface area contributed by atoms with Gasteiger partial charge in [0.25, 0.3) is 5.91 Å². The average molecular weight is 443 g/mol. The van der Waals surface area contributed by atoms with E-state index in [9.17, 15) is 18.0 Å². The molecule has 2 aromatic carbocycles. The van der Waals surface area contributed by atoms with E-state index in [1.807, 2.05) is 4.90 Å². The highest BCUT2D eigenvalue weighted by molar-refractivity contribution is 6.04. The van der Waals surface area contributed by atoms with Gasteiger partial charge in [0, 0.05) is 30.5 Å². The number of aromatic nitrogens is 1. The highest BCUT2D eigenvalue weighted by atomic mass is 19.4. The van der Waals surface area contributed by atoms with E-state index in [0.29, 0.717) is 43.5 Å². The standard InChI is InChI=1S/C23H20F3N3O3/c24-23(25,26)20-14-17(29-10-12-31-13-11-29)5-8-21(20)28-22(30)16-3-6-18(7-4-16)32-19-2-1-9-27-15-19/h1-9,14-15H,10-13H2,(H,28,30). The van der Waals surface area contributed by atoms with Crippen LogP contribution in [0.15, 0.2) is 67.0 Å². The maximum atomic E-state index is 13.7. The van der Waals surface area contributed by atoms with Crippen molar-refractivity contribution in [2.75, 3.05) is 36.5 Å². The van der Waals surface area contributed by atoms with Gasteiger partial charge in [0.1, 0.15) is 11.5 Å². The van der Waals surface area contributed by atoms with Crippen LogP contribution in [0.5, 0.6) is 11.5 Å². The molecule has 1 aliphatic heterocycles. The summed E-state index contributed by atoms with van der Waals surface area (Å²) in [6.07, 6.45) is -1.46. The highest BCUT2D eigenvalue weighted by Crippen LogP contribution is 2.37. The van der Waals surface area contributed by atoms with Crippen molar-refractivity contribution < 1.29 is 27.4 Å². The summed E-state index contributed by atoms with van der Waals surface area (Å²) in [5, 5.41) is 2.38. The number of hydrogen-bond donors (Lipinski definition) is 1. The minimum Gasteiger partial charge on any atom is -0.456 e. The molecule has 1 aliphatic rings. The van der Waals surface area contributed by atoms with Gasteiger partial charge in [0.05, 0.1) is 30.7 Å². The molecule has 2 heterocycles. The summed E-state index contributed by atoms with van der Waals surface area (Å²) in [7, 11) is 0. The van der Waals surface area contributed by atoms with E-state index in [2.05, 4.69) is 10.3 Å². The number of nitrogens with one attached hydrogen (secondary N) is 1. The molecule has 0 atom stereocenters. The molecule has 1 fully saturated rings. The summed E-state index contributed by atoms with van der Waals surface area (Å²) in [5.41, 5.74) is -0.550. The normalized spacial score (nSPS) is 14.2. The molecule has 4 rings (SSSR count). The number of rotatable bonds is 5. The van der Waals surface area contributed by atoms with E-state index < -0.39 is 17.6 Å². The fraction of sp³-hybridized carbons (Fsp3) is 0.217. The third-order valence-corrected chi connectivity index (χ3v) is 4.92. The average Bonchev–Trinajstić information content (AvgIpc) is 2.80. The Hall–Kier alpha value is -3.59. The largest absolute Gasteiger partial charge is 0.456 e. The molecule has 0 unspecified atom stereocenters. The molecule has 1 amide bonds. The Kier molecular flexibility index (Phi) is 6.27. The van der Waals surface area contributed by atoms with E-state index in [0.717, 1.165) is 6.07 Å². The number of carbonyl (C=O) groups is 1. The Labute approximate surface area is 182 Å². The number of alkyl halides is 3. The van der Waals surface area contributed by atoms with Gasteiger partial charge in [-0.25, -0.2) is 0 Å². The molecule has 6 nitrogen and oxygen atoms in total. The molecule has 1 N–H and O–H groups in total. The maximum absolute atomic E-state index is 13.7. The van der Waals surface area contributed by atoms with Gasteiger partial charge >= 0.3 is 6.18 Å². The molecule has 0 bridgehead atoms. The summed E-state index contributed by atoms with van der Waals surface area (Å²) >= 11 is 0. The van der Waals surface area contributed by atoms with Crippen molar-refractivity contribution in [1.82, 2.24) is 4.98 Å². The lowest BCUT2D eigenvalue weighted by Crippen LogP contribution is -2.36. The Bertz CT molecular complexity index is 1070. The lowest BCUT2D eigenvalue weighted by Gasteiger charge is -2.29. The van der Waals surface area contributed by atoms with Crippen LogP contribution in [-0.4, -0.2) is 37.2 Å². The fourth-order valence-electron chi connectivity index (χ4n) is 3.31. The first-order valence-corrected chi connectivity index (χ1v) is 9.93. The minimum absolute atomic E-state index is 0.203. The number of nitrogens with zero attached hydrogens (tertiary/aromatic N) is 2. The van der Waals surface area contributed by atoms with Gasteiger partial charge in [-0.3, -0.25) is 9.78 Å². The molecular formula is C23H20F3N3O3. The van der Waals surface area contributed by atoms with E-state index in [-0.39, 0.29) is 11.3 Å². The van der Waals surface area contributed by atoms with Gasteiger partial charge in [-0.1, -0.05) is 0 Å². The Morgan fingerprint density at radius 3 is 2.44 bits per heavy atom. The number of amides is 1. The van der Waals surface area contributed by atoms with Gasteiger partial charge in [-0.05, 0) is 54.6 Å². The first kappa shape index (κ1) is 21.6. The third kappa shape index (κ3) is 5.17. The lowest BCUT2D eigenvalue weighted by molar-refractivity contribution is -0.136. The summed E-state index contributed by atoms with van der Waals surface area (Å²) in [6.45, 7) is 1.94. The SMILES string of the molecule is O=C(Nc1ccc(N2CCOCC2)cc1C(F)(F)F)c1ccc(Oc2cccnc2)cc1. The topological polar surface area (TPSA) is 63.7 Å². The molecule has 0 saturated carbocycles. The Balaban J connectivity index is 1.50. The number of anilines is 2. The van der Waals surface area contributed by atoms with Crippen LogP contribution in [0, 0.1) is 0 Å². The molecule has 1 saturated heterocycles. The smallest absolute Gasteiger partial charge is 0.418 e. The molecule has 3 aromatic rings. The summed E-state index contributed by atoms with van der Waals surface area (Å²) < 4.78 is 51.9. The van der Waals surface area contributed by atoms with Crippen LogP contribution < -0.4 is 15.0 Å². The van der Waals surface area contributed by atoms with Crippen LogP contribution in [0.4, 0.5) is 24.5 Å². The number of hydrogen-bond acceptors (Lipinski definition) is 5. The molecular weight excluding hydrogens is 423 g/mol. The predicted molar refractivity (Wildman–Crippen MR) is 113 cm³/mol. The van der Waals surface area contributed by atoms with Crippen LogP contribution in [0.25, 0.3) is 0 Å². The van der Waals surface area contributed by atoms with E-state index in [1.165, 1.54) is 18.2 Å². The fourth-order valence-corrected chi connectivity index (χ4v) is 3.31. The van der Waals surface area contributed by atoms with Gasteiger partial charge in [0.15, 0.2) is 0 Å². The van der Waals surface area contributed by atoms with E-state index >= 15 is 0 Å². The minimum atomic E-state index is -4.62. The van der Waals surface area contributed by atoms with Crippen molar-refractivity contribution in [3.05, 3.63) is 78.1 Å². The molecule has 0 radical (unpaired) electrons. The van der Waals surface area contributed by atoms with Gasteiger partial charge in [-0.15, -0.1) is 0 Å². The van der Waals surface area contributed by atoms with Crippen LogP contribution in [0.2, 0.25) is 0 Å². The second-order valence-electron chi connectivity index (χ2n) is 7.10. The summed E-state index contributed by atoms with van der Waals surface area (Å²) in [4.78, 5) is 18.4. The van der Waals surface area contributed by atoms with Gasteiger partial charge in [-0.2, -0.15) is 13.2 Å². The molecule has 0 spiro atoms. The van der Waals surface area contributed by atoms with Gasteiger partial charge in [0.2, 0.25) is 0 Å². The molecule has 0 aliphatic carbocycles. The van der Waals surface area contributed by atoms with Crippen molar-refractivity contribution >= 4 is 17.3 Å². The first-order valence-electron chi connectivity index (χ1n) is 9.93. The Morgan fingerprint density at radius 2 is 1.78 bits per heavy atom. The maximum Gasteiger partial charge on any atom is 0.418 e. The second-order valence-corrected chi connectivity index (χ2v) is 7.10. The third-order valence-electron chi connectivity index (χ3n) is 4.92. The zero-order valence-corrected chi connectivity index (χ0v) is 16.9. The van der Waals surface area contributed by atoms with Crippen LogP contribution in [0.1, 0.15) is 15.9 Å². The van der Waals surface area contributed by atoms with Crippen molar-refractivity contribution in [3.63, 3.8) is 0 Å². The highest BCUT2D eigenvalue weighted by Gasteiger charge is 2.35. The number of morpholine rings is 1. The van der Waals surface area contributed by atoms with Crippen molar-refractivity contribution in [2.24, 2.45) is 0 Å². The van der Waals surface area contributed by atoms with Crippen LogP contribution in [-0.2, 0) is 10.9 Å². The monoisotopic (exact) mass is 443 g/mol. The number of benzene rings is 2. The number of ether oxygens (including phenoxy) is 2. The van der Waals surface area contributed by atoms with Crippen LogP contribution >= 0.6 is 0 Å². The number of carbonyl (C=O) groups excluding carboxylic acids is 1. The zero-order chi connectivity index (χ0) is 22.6. The van der Waals surface area contributed by atoms with E-state index in [1.54, 1.807) is 42.7 Å². The van der Waals surface area contributed by atoms with E-state index in [4.69, 9.17) is 9.47 Å². The molecule has 1 aromatic heterocycles. The first-order chi connectivity index (χ1) is 15.4. The number of pyridine rings is 1. The molecule has 32 heavy (non-hydrogen) atoms. The van der Waals surface area contributed by atoms with Crippen molar-refractivity contribution in [1.29, 1.82) is 0 Å². The van der Waals surface area contributed by atoms with Gasteiger partial charge < -0.3 is 19.7 Å². The Morgan fingerprint density at radius 1 is 1.03 bits per heavy atom. The second kappa shape index (κ2) is 9.27. The van der Waals surface area contributed by atoms with Crippen LogP contribution in [0.3, 0.4) is 0 Å². The molecule has 166 valence electrons. The van der Waals surface area contributed by atoms with Crippen molar-refractivity contribution in [2.45, 2.75) is 6.18 Å². The summed E-state index contributed by atoms with van der Waals surface area (Å²) in [5.74, 6) is 0.350. The quantitative estimate of drug-likeness (QED) is 0.603. The molecule has 9 heteroatoms. The van der Waals surface area contributed by atoms with Crippen molar-refractivity contribution in [3.8, 4) is 11.5 Å². The zero-order valence-electron chi connectivity index (χ0n) is 16.9.